The van der Waals surface area contributed by atoms with Crippen LogP contribution in [0.25, 0.3) is 0 Å². The van der Waals surface area contributed by atoms with Crippen molar-refractivity contribution in [3.63, 3.8) is 0 Å². The molecule has 7 heteroatoms. The molecule has 0 radical (unpaired) electrons. The second kappa shape index (κ2) is 9.57. The molecule has 0 heterocycles. The van der Waals surface area contributed by atoms with Crippen molar-refractivity contribution in [1.29, 1.82) is 5.26 Å². The van der Waals surface area contributed by atoms with Gasteiger partial charge in [-0.1, -0.05) is 0 Å². The fourth-order valence-corrected chi connectivity index (χ4v) is 1.23. The molecule has 0 rings (SSSR count). The predicted octanol–water partition coefficient (Wildman–Crippen LogP) is -1.94. The van der Waals surface area contributed by atoms with Crippen LogP contribution >= 0.6 is 0 Å². The number of amides is 2. The van der Waals surface area contributed by atoms with E-state index in [1.54, 1.807) is 0 Å². The Bertz CT molecular complexity index is 267. The van der Waals surface area contributed by atoms with Crippen molar-refractivity contribution < 1.29 is 9.59 Å². The summed E-state index contributed by atoms with van der Waals surface area (Å²) in [4.78, 5) is 23.3. The van der Waals surface area contributed by atoms with Gasteiger partial charge in [0.2, 0.25) is 11.8 Å². The maximum absolute atomic E-state index is 11.6. The number of hydrogen-bond acceptors (Lipinski definition) is 5. The minimum Gasteiger partial charge on any atom is -0.354 e. The van der Waals surface area contributed by atoms with E-state index >= 15 is 0 Å². The molecule has 0 aliphatic rings. The SMILES string of the molecule is N#CCCC(C(=O)NCCN)C(=O)NCCN. The van der Waals surface area contributed by atoms with Gasteiger partial charge in [-0.3, -0.25) is 9.59 Å². The number of nitrogens with two attached hydrogens (primary N) is 2. The van der Waals surface area contributed by atoms with Gasteiger partial charge in [-0.15, -0.1) is 0 Å². The fraction of sp³-hybridized carbons (Fsp3) is 0.700. The lowest BCUT2D eigenvalue weighted by molar-refractivity contribution is -0.135. The summed E-state index contributed by atoms with van der Waals surface area (Å²) in [5.74, 6) is -1.66. The molecule has 0 aliphatic carbocycles. The normalized spacial score (nSPS) is 9.76. The lowest BCUT2D eigenvalue weighted by atomic mass is 10.0. The second-order valence-corrected chi connectivity index (χ2v) is 3.41. The van der Waals surface area contributed by atoms with Crippen LogP contribution < -0.4 is 22.1 Å². The van der Waals surface area contributed by atoms with Gasteiger partial charge in [-0.05, 0) is 6.42 Å². The van der Waals surface area contributed by atoms with Crippen LogP contribution in [0.3, 0.4) is 0 Å². The average molecular weight is 241 g/mol. The van der Waals surface area contributed by atoms with Crippen LogP contribution in [-0.2, 0) is 9.59 Å². The number of nitrogens with one attached hydrogen (secondary N) is 2. The van der Waals surface area contributed by atoms with Crippen LogP contribution in [0, 0.1) is 17.2 Å². The van der Waals surface area contributed by atoms with Crippen molar-refractivity contribution in [2.24, 2.45) is 17.4 Å². The fourth-order valence-electron chi connectivity index (χ4n) is 1.23. The Morgan fingerprint density at radius 1 is 1.12 bits per heavy atom. The van der Waals surface area contributed by atoms with Crippen molar-refractivity contribution in [1.82, 2.24) is 10.6 Å². The molecule has 0 fully saturated rings. The summed E-state index contributed by atoms with van der Waals surface area (Å²) in [5.41, 5.74) is 10.5. The first-order chi connectivity index (χ1) is 8.17. The summed E-state index contributed by atoms with van der Waals surface area (Å²) in [6.07, 6.45) is 0.347. The van der Waals surface area contributed by atoms with Gasteiger partial charge in [0, 0.05) is 32.6 Å². The topological polar surface area (TPSA) is 134 Å². The minimum absolute atomic E-state index is 0.150. The zero-order valence-electron chi connectivity index (χ0n) is 9.74. The van der Waals surface area contributed by atoms with E-state index in [1.807, 2.05) is 6.07 Å². The van der Waals surface area contributed by atoms with Gasteiger partial charge < -0.3 is 22.1 Å². The Labute approximate surface area is 101 Å². The maximum atomic E-state index is 11.6. The van der Waals surface area contributed by atoms with Crippen LogP contribution in [0.2, 0.25) is 0 Å². The highest BCUT2D eigenvalue weighted by molar-refractivity contribution is 6.00. The molecule has 2 amide bonds. The van der Waals surface area contributed by atoms with E-state index < -0.39 is 17.7 Å². The van der Waals surface area contributed by atoms with Gasteiger partial charge in [0.15, 0.2) is 0 Å². The first-order valence-corrected chi connectivity index (χ1v) is 5.49. The zero-order valence-corrected chi connectivity index (χ0v) is 9.74. The summed E-state index contributed by atoms with van der Waals surface area (Å²) >= 11 is 0. The van der Waals surface area contributed by atoms with E-state index in [0.29, 0.717) is 26.2 Å². The molecule has 6 N–H and O–H groups in total. The molecule has 0 unspecified atom stereocenters. The standard InChI is InChI=1S/C10H19N5O2/c11-3-1-2-8(9(16)14-6-4-12)10(17)15-7-5-13/h8H,1-2,4-7,12-13H2,(H,14,16)(H,15,17). The Morgan fingerprint density at radius 3 is 1.94 bits per heavy atom. The molecule has 96 valence electrons. The van der Waals surface area contributed by atoms with E-state index in [0.717, 1.165) is 0 Å². The van der Waals surface area contributed by atoms with Crippen LogP contribution in [-0.4, -0.2) is 38.0 Å². The van der Waals surface area contributed by atoms with E-state index in [-0.39, 0.29) is 12.8 Å². The van der Waals surface area contributed by atoms with Crippen molar-refractivity contribution >= 4 is 11.8 Å². The van der Waals surface area contributed by atoms with Crippen LogP contribution in [0.15, 0.2) is 0 Å². The Balaban J connectivity index is 4.35. The summed E-state index contributed by atoms with van der Waals surface area (Å²) in [6.45, 7) is 1.24. The molecule has 0 aromatic heterocycles. The monoisotopic (exact) mass is 241 g/mol. The molecule has 17 heavy (non-hydrogen) atoms. The number of rotatable bonds is 8. The molecule has 0 saturated carbocycles. The third kappa shape index (κ3) is 6.50. The number of nitriles is 1. The second-order valence-electron chi connectivity index (χ2n) is 3.41. The largest absolute Gasteiger partial charge is 0.354 e. The van der Waals surface area contributed by atoms with E-state index in [2.05, 4.69) is 10.6 Å². The van der Waals surface area contributed by atoms with Gasteiger partial charge in [0.1, 0.15) is 5.92 Å². The average Bonchev–Trinajstić information content (AvgIpc) is 2.34. The van der Waals surface area contributed by atoms with Gasteiger partial charge in [0.25, 0.3) is 0 Å². The van der Waals surface area contributed by atoms with Crippen molar-refractivity contribution in [2.45, 2.75) is 12.8 Å². The number of carbonyl (C=O) groups is 2. The van der Waals surface area contributed by atoms with E-state index in [4.69, 9.17) is 16.7 Å². The molecular weight excluding hydrogens is 222 g/mol. The van der Waals surface area contributed by atoms with Crippen LogP contribution in [0.4, 0.5) is 0 Å². The molecule has 0 aromatic carbocycles. The molecule has 7 nitrogen and oxygen atoms in total. The van der Waals surface area contributed by atoms with Gasteiger partial charge >= 0.3 is 0 Å². The highest BCUT2D eigenvalue weighted by Gasteiger charge is 2.25. The lowest BCUT2D eigenvalue weighted by Crippen LogP contribution is -2.43. The predicted molar refractivity (Wildman–Crippen MR) is 62.5 cm³/mol. The Morgan fingerprint density at radius 2 is 1.59 bits per heavy atom. The van der Waals surface area contributed by atoms with Crippen LogP contribution in [0.5, 0.6) is 0 Å². The molecule has 0 saturated heterocycles. The summed E-state index contributed by atoms with van der Waals surface area (Å²) < 4.78 is 0. The molecule has 0 aromatic rings. The van der Waals surface area contributed by atoms with Crippen molar-refractivity contribution in [3.8, 4) is 6.07 Å². The highest BCUT2D eigenvalue weighted by atomic mass is 16.2. The minimum atomic E-state index is -0.854. The van der Waals surface area contributed by atoms with Gasteiger partial charge in [0.05, 0.1) is 6.07 Å². The molecular formula is C10H19N5O2. The molecule has 0 spiro atoms. The van der Waals surface area contributed by atoms with Gasteiger partial charge in [-0.25, -0.2) is 0 Å². The molecule has 0 aliphatic heterocycles. The van der Waals surface area contributed by atoms with Crippen molar-refractivity contribution in [2.75, 3.05) is 26.2 Å². The Hall–Kier alpha value is -1.65. The summed E-state index contributed by atoms with van der Waals surface area (Å²) in [6, 6.07) is 1.91. The maximum Gasteiger partial charge on any atom is 0.232 e. The summed E-state index contributed by atoms with van der Waals surface area (Å²) in [5, 5.41) is 13.5. The Kier molecular flexibility index (Phi) is 8.64. The van der Waals surface area contributed by atoms with Gasteiger partial charge in [-0.2, -0.15) is 5.26 Å². The molecule has 0 bridgehead atoms. The van der Waals surface area contributed by atoms with E-state index in [9.17, 15) is 9.59 Å². The number of hydrogen-bond donors (Lipinski definition) is 4. The van der Waals surface area contributed by atoms with Crippen molar-refractivity contribution in [3.05, 3.63) is 0 Å². The smallest absolute Gasteiger partial charge is 0.232 e. The molecule has 0 atom stereocenters. The number of carbonyl (C=O) groups excluding carboxylic acids is 2. The number of nitrogens with zero attached hydrogens (tertiary/aromatic N) is 1. The van der Waals surface area contributed by atoms with Crippen LogP contribution in [0.1, 0.15) is 12.8 Å². The third-order valence-electron chi connectivity index (χ3n) is 2.06. The summed E-state index contributed by atoms with van der Waals surface area (Å²) in [7, 11) is 0. The first-order valence-electron chi connectivity index (χ1n) is 5.49. The quantitative estimate of drug-likeness (QED) is 0.367. The van der Waals surface area contributed by atoms with E-state index in [1.165, 1.54) is 0 Å². The lowest BCUT2D eigenvalue weighted by Gasteiger charge is -2.14. The highest BCUT2D eigenvalue weighted by Crippen LogP contribution is 2.06. The first kappa shape index (κ1) is 15.3. The zero-order chi connectivity index (χ0) is 13.1. The third-order valence-corrected chi connectivity index (χ3v) is 2.06.